The summed E-state index contributed by atoms with van der Waals surface area (Å²) in [7, 11) is 1.51. The van der Waals surface area contributed by atoms with Crippen LogP contribution in [0.15, 0.2) is 53.2 Å². The summed E-state index contributed by atoms with van der Waals surface area (Å²) in [5, 5.41) is 3.63. The van der Waals surface area contributed by atoms with E-state index in [0.29, 0.717) is 28.3 Å². The van der Waals surface area contributed by atoms with Crippen molar-refractivity contribution in [3.63, 3.8) is 0 Å². The molecular formula is C19H16FNO4. The van der Waals surface area contributed by atoms with Crippen molar-refractivity contribution in [2.24, 2.45) is 5.16 Å². The number of hydrogen-bond acceptors (Lipinski definition) is 5. The smallest absolute Gasteiger partial charge is 0.367 e. The molecule has 3 rings (SSSR count). The Kier molecular flexibility index (Phi) is 4.79. The number of oxime groups is 1. The van der Waals surface area contributed by atoms with Gasteiger partial charge in [0.2, 0.25) is 0 Å². The van der Waals surface area contributed by atoms with Crippen LogP contribution in [0.1, 0.15) is 18.1 Å². The fraction of sp³-hybridized carbons (Fsp3) is 0.158. The molecule has 0 radical (unpaired) electrons. The highest BCUT2D eigenvalue weighted by Crippen LogP contribution is 2.30. The van der Waals surface area contributed by atoms with Crippen molar-refractivity contribution in [3.05, 3.63) is 65.0 Å². The van der Waals surface area contributed by atoms with E-state index in [1.807, 2.05) is 0 Å². The van der Waals surface area contributed by atoms with E-state index in [9.17, 15) is 9.18 Å². The van der Waals surface area contributed by atoms with Gasteiger partial charge in [0.05, 0.1) is 18.4 Å². The van der Waals surface area contributed by atoms with Gasteiger partial charge < -0.3 is 14.3 Å². The quantitative estimate of drug-likeness (QED) is 0.614. The molecule has 0 bridgehead atoms. The van der Waals surface area contributed by atoms with Crippen LogP contribution in [0.4, 0.5) is 4.39 Å². The molecule has 0 unspecified atom stereocenters. The maximum absolute atomic E-state index is 13.7. The lowest BCUT2D eigenvalue weighted by Crippen LogP contribution is -2.02. The molecule has 0 N–H and O–H groups in total. The molecule has 0 amide bonds. The molecule has 0 aromatic heterocycles. The molecule has 5 nitrogen and oxygen atoms in total. The Bertz CT molecular complexity index is 873. The minimum atomic E-state index is -0.489. The molecule has 2 aromatic rings. The van der Waals surface area contributed by atoms with Gasteiger partial charge in [-0.2, -0.15) is 0 Å². The van der Waals surface area contributed by atoms with Crippen LogP contribution in [0.5, 0.6) is 11.5 Å². The Balaban J connectivity index is 1.80. The van der Waals surface area contributed by atoms with Gasteiger partial charge in [0, 0.05) is 5.56 Å². The third-order valence-electron chi connectivity index (χ3n) is 3.71. The maximum atomic E-state index is 13.7. The van der Waals surface area contributed by atoms with Gasteiger partial charge in [-0.25, -0.2) is 9.18 Å². The SMILES string of the molecule is COc1cc(C=C2C(=O)ON=C2C)ccc1OCc1ccccc1F. The number of halogens is 1. The predicted molar refractivity (Wildman–Crippen MR) is 90.9 cm³/mol. The minimum absolute atomic E-state index is 0.0849. The zero-order valence-corrected chi connectivity index (χ0v) is 13.8. The van der Waals surface area contributed by atoms with Gasteiger partial charge in [-0.3, -0.25) is 0 Å². The highest BCUT2D eigenvalue weighted by Gasteiger charge is 2.21. The molecule has 6 heteroatoms. The average molecular weight is 341 g/mol. The topological polar surface area (TPSA) is 57.1 Å². The van der Waals surface area contributed by atoms with Gasteiger partial charge in [-0.1, -0.05) is 29.4 Å². The summed E-state index contributed by atoms with van der Waals surface area (Å²) >= 11 is 0. The lowest BCUT2D eigenvalue weighted by Gasteiger charge is -2.12. The van der Waals surface area contributed by atoms with Crippen molar-refractivity contribution in [3.8, 4) is 11.5 Å². The molecule has 0 saturated carbocycles. The highest BCUT2D eigenvalue weighted by atomic mass is 19.1. The van der Waals surface area contributed by atoms with E-state index in [-0.39, 0.29) is 12.4 Å². The Morgan fingerprint density at radius 2 is 2.00 bits per heavy atom. The third-order valence-corrected chi connectivity index (χ3v) is 3.71. The Morgan fingerprint density at radius 3 is 2.68 bits per heavy atom. The number of carbonyl (C=O) groups is 1. The van der Waals surface area contributed by atoms with Gasteiger partial charge in [0.1, 0.15) is 12.4 Å². The van der Waals surface area contributed by atoms with Gasteiger partial charge >= 0.3 is 5.97 Å². The second kappa shape index (κ2) is 7.17. The van der Waals surface area contributed by atoms with Crippen LogP contribution in [0.3, 0.4) is 0 Å². The molecular weight excluding hydrogens is 325 g/mol. The summed E-state index contributed by atoms with van der Waals surface area (Å²) in [6.45, 7) is 1.78. The Hall–Kier alpha value is -3.15. The molecule has 1 aliphatic heterocycles. The first-order chi connectivity index (χ1) is 12.1. The fourth-order valence-corrected chi connectivity index (χ4v) is 2.35. The standard InChI is InChI=1S/C19H16FNO4/c1-12-15(19(22)25-21-12)9-13-7-8-17(18(10-13)23-2)24-11-14-5-3-4-6-16(14)20/h3-10H,11H2,1-2H3. The summed E-state index contributed by atoms with van der Waals surface area (Å²) in [4.78, 5) is 16.2. The van der Waals surface area contributed by atoms with Crippen LogP contribution in [-0.4, -0.2) is 18.8 Å². The molecule has 128 valence electrons. The molecule has 0 atom stereocenters. The number of methoxy groups -OCH3 is 1. The molecule has 1 heterocycles. The summed E-state index contributed by atoms with van der Waals surface area (Å²) in [5.41, 5.74) is 2.10. The van der Waals surface area contributed by atoms with Crippen molar-refractivity contribution in [2.45, 2.75) is 13.5 Å². The van der Waals surface area contributed by atoms with Crippen molar-refractivity contribution in [2.75, 3.05) is 7.11 Å². The number of nitrogens with zero attached hydrogens (tertiary/aromatic N) is 1. The minimum Gasteiger partial charge on any atom is -0.493 e. The molecule has 0 saturated heterocycles. The van der Waals surface area contributed by atoms with Crippen molar-refractivity contribution in [1.29, 1.82) is 0 Å². The first-order valence-corrected chi connectivity index (χ1v) is 7.60. The van der Waals surface area contributed by atoms with Gasteiger partial charge in [-0.05, 0) is 36.8 Å². The van der Waals surface area contributed by atoms with Gasteiger partial charge in [-0.15, -0.1) is 0 Å². The van der Waals surface area contributed by atoms with Crippen LogP contribution in [0, 0.1) is 5.82 Å². The molecule has 0 spiro atoms. The predicted octanol–water partition coefficient (Wildman–Crippen LogP) is 3.73. The van der Waals surface area contributed by atoms with Crippen molar-refractivity contribution in [1.82, 2.24) is 0 Å². The zero-order valence-electron chi connectivity index (χ0n) is 13.8. The van der Waals surface area contributed by atoms with E-state index in [2.05, 4.69) is 9.99 Å². The van der Waals surface area contributed by atoms with E-state index >= 15 is 0 Å². The molecule has 0 aliphatic carbocycles. The zero-order chi connectivity index (χ0) is 17.8. The van der Waals surface area contributed by atoms with E-state index in [0.717, 1.165) is 5.56 Å². The maximum Gasteiger partial charge on any atom is 0.367 e. The average Bonchev–Trinajstić information content (AvgIpc) is 2.93. The number of benzene rings is 2. The van der Waals surface area contributed by atoms with Crippen LogP contribution in [0.2, 0.25) is 0 Å². The lowest BCUT2D eigenvalue weighted by molar-refractivity contribution is -0.136. The summed E-state index contributed by atoms with van der Waals surface area (Å²) < 4.78 is 24.7. The largest absolute Gasteiger partial charge is 0.493 e. The van der Waals surface area contributed by atoms with Crippen LogP contribution in [0.25, 0.3) is 6.08 Å². The van der Waals surface area contributed by atoms with Crippen LogP contribution < -0.4 is 9.47 Å². The lowest BCUT2D eigenvalue weighted by atomic mass is 10.1. The third kappa shape index (κ3) is 3.68. The highest BCUT2D eigenvalue weighted by molar-refractivity contribution is 6.24. The van der Waals surface area contributed by atoms with Crippen molar-refractivity contribution < 1.29 is 23.5 Å². The fourth-order valence-electron chi connectivity index (χ4n) is 2.35. The first kappa shape index (κ1) is 16.7. The first-order valence-electron chi connectivity index (χ1n) is 7.60. The van der Waals surface area contributed by atoms with E-state index in [1.54, 1.807) is 49.4 Å². The Morgan fingerprint density at radius 1 is 1.20 bits per heavy atom. The Labute approximate surface area is 144 Å². The number of hydrogen-bond donors (Lipinski definition) is 0. The molecule has 25 heavy (non-hydrogen) atoms. The number of ether oxygens (including phenoxy) is 2. The molecule has 0 fully saturated rings. The van der Waals surface area contributed by atoms with E-state index < -0.39 is 5.97 Å². The second-order valence-electron chi connectivity index (χ2n) is 5.40. The molecule has 1 aliphatic rings. The number of carbonyl (C=O) groups excluding carboxylic acids is 1. The van der Waals surface area contributed by atoms with Crippen LogP contribution in [-0.2, 0) is 16.2 Å². The summed E-state index contributed by atoms with van der Waals surface area (Å²) in [5.74, 6) is 0.146. The molecule has 2 aromatic carbocycles. The number of rotatable bonds is 5. The summed E-state index contributed by atoms with van der Waals surface area (Å²) in [6, 6.07) is 11.6. The second-order valence-corrected chi connectivity index (χ2v) is 5.40. The van der Waals surface area contributed by atoms with Gasteiger partial charge in [0.15, 0.2) is 11.5 Å². The normalized spacial score (nSPS) is 15.1. The van der Waals surface area contributed by atoms with Crippen LogP contribution >= 0.6 is 0 Å². The van der Waals surface area contributed by atoms with E-state index in [4.69, 9.17) is 9.47 Å². The van der Waals surface area contributed by atoms with Gasteiger partial charge in [0.25, 0.3) is 0 Å². The summed E-state index contributed by atoms with van der Waals surface area (Å²) in [6.07, 6.45) is 1.66. The monoisotopic (exact) mass is 341 g/mol. The van der Waals surface area contributed by atoms with Crippen molar-refractivity contribution >= 4 is 17.8 Å². The van der Waals surface area contributed by atoms with E-state index in [1.165, 1.54) is 13.2 Å².